The van der Waals surface area contributed by atoms with Crippen molar-refractivity contribution in [1.29, 1.82) is 0 Å². The molecule has 0 bridgehead atoms. The highest BCUT2D eigenvalue weighted by Crippen LogP contribution is 2.32. The van der Waals surface area contributed by atoms with Gasteiger partial charge in [-0.05, 0) is 48.0 Å². The number of hydrogen-bond acceptors (Lipinski definition) is 8. The second kappa shape index (κ2) is 12.7. The largest absolute Gasteiger partial charge is 0.627 e. The molecule has 1 saturated heterocycles. The van der Waals surface area contributed by atoms with Crippen LogP contribution in [0.3, 0.4) is 0 Å². The van der Waals surface area contributed by atoms with E-state index in [-0.39, 0.29) is 54.6 Å². The minimum absolute atomic E-state index is 0.0317. The van der Waals surface area contributed by atoms with Gasteiger partial charge in [-0.2, -0.15) is 4.31 Å². The Labute approximate surface area is 260 Å². The van der Waals surface area contributed by atoms with Crippen LogP contribution in [0.2, 0.25) is 10.0 Å². The molecule has 1 amide bonds. The SMILES string of the molecule is CN(c1ccc(C(O)CN)cc1C(=O)Nc1ccc(S(=O)(=O)N2CC[N+]([O-])(c3cc(Cl)cc(Cl)c3)CC2)cc1)S(C)(=O)=O. The molecule has 4 N–H and O–H groups in total. The molecule has 0 radical (unpaired) electrons. The first-order valence-electron chi connectivity index (χ1n) is 13.0. The number of hydrogen-bond donors (Lipinski definition) is 3. The van der Waals surface area contributed by atoms with Gasteiger partial charge in [0.1, 0.15) is 5.69 Å². The van der Waals surface area contributed by atoms with Crippen LogP contribution in [-0.4, -0.2) is 78.2 Å². The zero-order valence-corrected chi connectivity index (χ0v) is 26.4. The minimum Gasteiger partial charge on any atom is -0.627 e. The predicted octanol–water partition coefficient (Wildman–Crippen LogP) is 3.14. The van der Waals surface area contributed by atoms with Gasteiger partial charge < -0.3 is 26.0 Å². The lowest BCUT2D eigenvalue weighted by atomic mass is 10.0. The Morgan fingerprint density at radius 1 is 1.05 bits per heavy atom. The summed E-state index contributed by atoms with van der Waals surface area (Å²) in [5.41, 5.74) is 6.49. The van der Waals surface area contributed by atoms with Crippen molar-refractivity contribution >= 4 is 66.2 Å². The number of hydroxylamine groups is 2. The second-order valence-electron chi connectivity index (χ2n) is 10.1. The average molecular weight is 673 g/mol. The highest BCUT2D eigenvalue weighted by atomic mass is 35.5. The van der Waals surface area contributed by atoms with Crippen LogP contribution in [0.1, 0.15) is 22.0 Å². The van der Waals surface area contributed by atoms with Gasteiger partial charge in [0.15, 0.2) is 0 Å². The predicted molar refractivity (Wildman–Crippen MR) is 168 cm³/mol. The third-order valence-corrected chi connectivity index (χ3v) is 10.7. The van der Waals surface area contributed by atoms with E-state index in [9.17, 15) is 31.9 Å². The van der Waals surface area contributed by atoms with Crippen molar-refractivity contribution in [3.8, 4) is 0 Å². The molecule has 3 aromatic carbocycles. The molecule has 0 aliphatic carbocycles. The number of benzene rings is 3. The van der Waals surface area contributed by atoms with Crippen molar-refractivity contribution < 1.29 is 26.7 Å². The van der Waals surface area contributed by atoms with Crippen LogP contribution in [-0.2, 0) is 20.0 Å². The summed E-state index contributed by atoms with van der Waals surface area (Å²) >= 11 is 12.1. The molecule has 3 aromatic rings. The number of nitrogens with two attached hydrogens (primary N) is 1. The molecule has 1 atom stereocenters. The van der Waals surface area contributed by atoms with Gasteiger partial charge in [0.25, 0.3) is 5.91 Å². The number of nitrogens with zero attached hydrogens (tertiary/aromatic N) is 3. The van der Waals surface area contributed by atoms with E-state index >= 15 is 0 Å². The molecule has 1 heterocycles. The summed E-state index contributed by atoms with van der Waals surface area (Å²) in [5, 5.41) is 26.8. The molecule has 232 valence electrons. The smallest absolute Gasteiger partial charge is 0.257 e. The van der Waals surface area contributed by atoms with Gasteiger partial charge in [0, 0.05) is 41.5 Å². The molecule has 16 heteroatoms. The Balaban J connectivity index is 1.51. The van der Waals surface area contributed by atoms with Crippen LogP contribution in [0, 0.1) is 5.21 Å². The number of carbonyl (C=O) groups excluding carboxylic acids is 1. The number of aliphatic hydroxyl groups excluding tert-OH is 1. The maximum absolute atomic E-state index is 13.4. The number of nitrogens with one attached hydrogen (secondary N) is 1. The number of halogens is 2. The third-order valence-electron chi connectivity index (χ3n) is 7.20. The van der Waals surface area contributed by atoms with E-state index in [4.69, 9.17) is 28.9 Å². The van der Waals surface area contributed by atoms with Gasteiger partial charge in [0.2, 0.25) is 20.0 Å². The van der Waals surface area contributed by atoms with Crippen LogP contribution in [0.25, 0.3) is 0 Å². The zero-order valence-electron chi connectivity index (χ0n) is 23.3. The standard InChI is InChI=1S/C27H31Cl2N5O7S2/c1-32(42(2,38)39)25-8-3-18(26(35)17-30)13-24(25)27(36)31-21-4-6-23(7-5-21)43(40,41)33-9-11-34(37,12-10-33)22-15-19(28)14-20(29)16-22/h3-8,13-16,26,35H,9-12,17,30H2,1-2H3,(H,31,36). The Hall–Kier alpha value is -2.79. The molecule has 1 unspecified atom stereocenters. The zero-order chi connectivity index (χ0) is 31.7. The van der Waals surface area contributed by atoms with Gasteiger partial charge in [-0.1, -0.05) is 29.3 Å². The molecular formula is C27H31Cl2N5O7S2. The van der Waals surface area contributed by atoms with E-state index < -0.39 is 36.7 Å². The number of quaternary nitrogens is 1. The van der Waals surface area contributed by atoms with Gasteiger partial charge >= 0.3 is 0 Å². The minimum atomic E-state index is -3.95. The van der Waals surface area contributed by atoms with E-state index in [0.29, 0.717) is 21.3 Å². The lowest BCUT2D eigenvalue weighted by Gasteiger charge is -2.47. The summed E-state index contributed by atoms with van der Waals surface area (Å²) in [5.74, 6) is -0.686. The Morgan fingerprint density at radius 3 is 2.16 bits per heavy atom. The molecular weight excluding hydrogens is 641 g/mol. The fourth-order valence-electron chi connectivity index (χ4n) is 4.63. The number of rotatable bonds is 9. The van der Waals surface area contributed by atoms with Gasteiger partial charge in [-0.15, -0.1) is 0 Å². The normalized spacial score (nSPS) is 16.4. The van der Waals surface area contributed by atoms with Crippen LogP contribution < -0.4 is 20.0 Å². The molecule has 12 nitrogen and oxygen atoms in total. The maximum Gasteiger partial charge on any atom is 0.257 e. The Morgan fingerprint density at radius 2 is 1.63 bits per heavy atom. The average Bonchev–Trinajstić information content (AvgIpc) is 2.95. The summed E-state index contributed by atoms with van der Waals surface area (Å²) in [4.78, 5) is 13.2. The summed E-state index contributed by atoms with van der Waals surface area (Å²) in [6.07, 6.45) is -0.0841. The van der Waals surface area contributed by atoms with Crippen LogP contribution >= 0.6 is 23.2 Å². The van der Waals surface area contributed by atoms with Crippen LogP contribution in [0.4, 0.5) is 17.1 Å². The first kappa shape index (κ1) is 33.1. The summed E-state index contributed by atoms with van der Waals surface area (Å²) in [6.45, 7) is -0.246. The number of amides is 1. The molecule has 0 aromatic heterocycles. The fraction of sp³-hybridized carbons (Fsp3) is 0.296. The molecule has 1 fully saturated rings. The van der Waals surface area contributed by atoms with E-state index in [0.717, 1.165) is 10.6 Å². The van der Waals surface area contributed by atoms with Crippen molar-refractivity contribution in [3.05, 3.63) is 87.0 Å². The summed E-state index contributed by atoms with van der Waals surface area (Å²) in [6, 6.07) is 14.2. The highest BCUT2D eigenvalue weighted by Gasteiger charge is 2.35. The summed E-state index contributed by atoms with van der Waals surface area (Å²) in [7, 11) is -6.38. The lowest BCUT2D eigenvalue weighted by molar-refractivity contribution is 0.102. The molecule has 0 spiro atoms. The molecule has 4 rings (SSSR count). The van der Waals surface area contributed by atoms with E-state index in [2.05, 4.69) is 5.32 Å². The van der Waals surface area contributed by atoms with Crippen LogP contribution in [0.5, 0.6) is 0 Å². The van der Waals surface area contributed by atoms with Gasteiger partial charge in [-0.3, -0.25) is 9.10 Å². The Kier molecular flexibility index (Phi) is 9.76. The fourth-order valence-corrected chi connectivity index (χ4v) is 7.09. The number of carbonyl (C=O) groups is 1. The first-order valence-corrected chi connectivity index (χ1v) is 17.0. The quantitative estimate of drug-likeness (QED) is 0.230. The molecule has 43 heavy (non-hydrogen) atoms. The summed E-state index contributed by atoms with van der Waals surface area (Å²) < 4.78 is 52.4. The van der Waals surface area contributed by atoms with Gasteiger partial charge in [-0.25, -0.2) is 16.8 Å². The van der Waals surface area contributed by atoms with Crippen molar-refractivity contribution in [2.24, 2.45) is 5.73 Å². The van der Waals surface area contributed by atoms with Crippen molar-refractivity contribution in [2.75, 3.05) is 55.6 Å². The van der Waals surface area contributed by atoms with Crippen molar-refractivity contribution in [3.63, 3.8) is 0 Å². The maximum atomic E-state index is 13.4. The number of anilines is 2. The van der Waals surface area contributed by atoms with Crippen molar-refractivity contribution in [2.45, 2.75) is 11.0 Å². The Bertz CT molecular complexity index is 1710. The monoisotopic (exact) mass is 671 g/mol. The van der Waals surface area contributed by atoms with Crippen molar-refractivity contribution in [1.82, 2.24) is 8.95 Å². The highest BCUT2D eigenvalue weighted by molar-refractivity contribution is 7.92. The number of aliphatic hydroxyl groups is 1. The number of piperazine rings is 1. The number of sulfonamides is 2. The van der Waals surface area contributed by atoms with E-state index in [1.165, 1.54) is 72.0 Å². The molecule has 1 aliphatic rings. The van der Waals surface area contributed by atoms with E-state index in [1.54, 1.807) is 0 Å². The van der Waals surface area contributed by atoms with Crippen LogP contribution in [0.15, 0.2) is 65.6 Å². The van der Waals surface area contributed by atoms with Gasteiger partial charge in [0.05, 0.1) is 54.7 Å². The third kappa shape index (κ3) is 7.30. The topological polar surface area (TPSA) is 173 Å². The first-order chi connectivity index (χ1) is 20.0. The second-order valence-corrected chi connectivity index (χ2v) is 14.9. The molecule has 1 aliphatic heterocycles. The molecule has 0 saturated carbocycles. The lowest BCUT2D eigenvalue weighted by Crippen LogP contribution is -2.58. The van der Waals surface area contributed by atoms with E-state index in [1.807, 2.05) is 0 Å².